The average Bonchev–Trinajstić information content (AvgIpc) is 2.25. The van der Waals surface area contributed by atoms with Crippen LogP contribution < -0.4 is 10.6 Å². The van der Waals surface area contributed by atoms with Gasteiger partial charge in [-0.1, -0.05) is 13.8 Å². The zero-order chi connectivity index (χ0) is 14.1. The van der Waals surface area contributed by atoms with E-state index in [4.69, 9.17) is 5.11 Å². The van der Waals surface area contributed by atoms with Gasteiger partial charge in [0.15, 0.2) is 0 Å². The van der Waals surface area contributed by atoms with Crippen LogP contribution in [0.1, 0.15) is 26.7 Å². The number of hydrogen-bond donors (Lipinski definition) is 3. The van der Waals surface area contributed by atoms with Crippen LogP contribution in [0.5, 0.6) is 0 Å². The van der Waals surface area contributed by atoms with Gasteiger partial charge in [0, 0.05) is 6.54 Å². The van der Waals surface area contributed by atoms with Crippen molar-refractivity contribution in [3.05, 3.63) is 0 Å². The van der Waals surface area contributed by atoms with E-state index >= 15 is 0 Å². The van der Waals surface area contributed by atoms with E-state index < -0.39 is 24.0 Å². The lowest BCUT2D eigenvalue weighted by Crippen LogP contribution is -2.47. The minimum atomic E-state index is -0.998. The SMILES string of the molecule is COC(=O)C(CC(C)C)NC(=O)NCCC(=O)O. The summed E-state index contributed by atoms with van der Waals surface area (Å²) in [7, 11) is 1.25. The van der Waals surface area contributed by atoms with Crippen molar-refractivity contribution in [2.24, 2.45) is 5.92 Å². The standard InChI is InChI=1S/C11H20N2O5/c1-7(2)6-8(10(16)18-3)13-11(17)12-5-4-9(14)15/h7-8H,4-6H2,1-3H3,(H,14,15)(H2,12,13,17). The molecule has 104 valence electrons. The molecular weight excluding hydrogens is 240 g/mol. The van der Waals surface area contributed by atoms with Crippen LogP contribution in [0.15, 0.2) is 0 Å². The van der Waals surface area contributed by atoms with Gasteiger partial charge >= 0.3 is 18.0 Å². The lowest BCUT2D eigenvalue weighted by molar-refractivity contribution is -0.143. The number of rotatable bonds is 7. The molecule has 0 aliphatic rings. The average molecular weight is 260 g/mol. The molecule has 2 amide bonds. The van der Waals surface area contributed by atoms with Gasteiger partial charge in [0.25, 0.3) is 0 Å². The molecule has 0 bridgehead atoms. The topological polar surface area (TPSA) is 105 Å². The van der Waals surface area contributed by atoms with Crippen LogP contribution >= 0.6 is 0 Å². The Kier molecular flexibility index (Phi) is 7.50. The minimum absolute atomic E-state index is 0.0107. The monoisotopic (exact) mass is 260 g/mol. The summed E-state index contributed by atoms with van der Waals surface area (Å²) in [6, 6.07) is -1.30. The van der Waals surface area contributed by atoms with Crippen molar-refractivity contribution >= 4 is 18.0 Å². The molecule has 1 unspecified atom stereocenters. The number of urea groups is 1. The summed E-state index contributed by atoms with van der Waals surface area (Å²) >= 11 is 0. The lowest BCUT2D eigenvalue weighted by Gasteiger charge is -2.18. The molecule has 1 atom stereocenters. The Morgan fingerprint density at radius 3 is 2.33 bits per heavy atom. The van der Waals surface area contributed by atoms with E-state index in [0.717, 1.165) is 0 Å². The van der Waals surface area contributed by atoms with Gasteiger partial charge in [-0.2, -0.15) is 0 Å². The molecule has 0 heterocycles. The highest BCUT2D eigenvalue weighted by Gasteiger charge is 2.22. The fraction of sp³-hybridized carbons (Fsp3) is 0.727. The molecule has 18 heavy (non-hydrogen) atoms. The maximum absolute atomic E-state index is 11.4. The molecule has 0 aliphatic heterocycles. The highest BCUT2D eigenvalue weighted by Crippen LogP contribution is 2.05. The van der Waals surface area contributed by atoms with Crippen LogP contribution in [-0.2, 0) is 14.3 Å². The maximum Gasteiger partial charge on any atom is 0.328 e. The first-order valence-electron chi connectivity index (χ1n) is 5.70. The van der Waals surface area contributed by atoms with Gasteiger partial charge in [-0.05, 0) is 12.3 Å². The van der Waals surface area contributed by atoms with Gasteiger partial charge in [0.1, 0.15) is 6.04 Å². The number of hydrogen-bond acceptors (Lipinski definition) is 4. The molecule has 0 spiro atoms. The van der Waals surface area contributed by atoms with Crippen molar-refractivity contribution in [2.75, 3.05) is 13.7 Å². The van der Waals surface area contributed by atoms with Crippen molar-refractivity contribution in [3.8, 4) is 0 Å². The predicted molar refractivity (Wildman–Crippen MR) is 64.0 cm³/mol. The summed E-state index contributed by atoms with van der Waals surface area (Å²) in [4.78, 5) is 33.1. The van der Waals surface area contributed by atoms with E-state index in [9.17, 15) is 14.4 Å². The number of carboxylic acid groups (broad SMARTS) is 1. The van der Waals surface area contributed by atoms with Gasteiger partial charge in [-0.15, -0.1) is 0 Å². The number of ether oxygens (including phenoxy) is 1. The Morgan fingerprint density at radius 1 is 1.28 bits per heavy atom. The normalized spacial score (nSPS) is 11.8. The van der Waals surface area contributed by atoms with Crippen molar-refractivity contribution in [1.29, 1.82) is 0 Å². The number of nitrogens with one attached hydrogen (secondary N) is 2. The minimum Gasteiger partial charge on any atom is -0.481 e. The number of carboxylic acids is 1. The van der Waals surface area contributed by atoms with Crippen LogP contribution in [0.3, 0.4) is 0 Å². The van der Waals surface area contributed by atoms with Gasteiger partial charge in [0.05, 0.1) is 13.5 Å². The second kappa shape index (κ2) is 8.32. The fourth-order valence-electron chi connectivity index (χ4n) is 1.32. The zero-order valence-electron chi connectivity index (χ0n) is 10.9. The number of esters is 1. The van der Waals surface area contributed by atoms with Gasteiger partial charge in [-0.25, -0.2) is 9.59 Å². The van der Waals surface area contributed by atoms with E-state index in [-0.39, 0.29) is 18.9 Å². The Morgan fingerprint density at radius 2 is 1.89 bits per heavy atom. The molecule has 0 saturated heterocycles. The van der Waals surface area contributed by atoms with Crippen molar-refractivity contribution in [2.45, 2.75) is 32.7 Å². The Labute approximate surface area is 106 Å². The summed E-state index contributed by atoms with van der Waals surface area (Å²) in [5.41, 5.74) is 0. The molecular formula is C11H20N2O5. The maximum atomic E-state index is 11.4. The lowest BCUT2D eigenvalue weighted by atomic mass is 10.0. The Hall–Kier alpha value is -1.79. The van der Waals surface area contributed by atoms with Crippen LogP contribution in [0.4, 0.5) is 4.79 Å². The zero-order valence-corrected chi connectivity index (χ0v) is 10.9. The van der Waals surface area contributed by atoms with Gasteiger partial charge < -0.3 is 20.5 Å². The molecule has 0 saturated carbocycles. The van der Waals surface area contributed by atoms with E-state index in [2.05, 4.69) is 15.4 Å². The van der Waals surface area contributed by atoms with Crippen LogP contribution in [0, 0.1) is 5.92 Å². The molecule has 0 aromatic rings. The molecule has 0 rings (SSSR count). The second-order valence-corrected chi connectivity index (χ2v) is 4.25. The summed E-state index contributed by atoms with van der Waals surface area (Å²) in [5, 5.41) is 13.2. The Bertz CT molecular complexity index is 304. The van der Waals surface area contributed by atoms with Crippen LogP contribution in [-0.4, -0.2) is 42.8 Å². The quantitative estimate of drug-likeness (QED) is 0.573. The fourth-order valence-corrected chi connectivity index (χ4v) is 1.32. The van der Waals surface area contributed by atoms with E-state index in [0.29, 0.717) is 6.42 Å². The summed E-state index contributed by atoms with van der Waals surface area (Å²) < 4.78 is 4.58. The second-order valence-electron chi connectivity index (χ2n) is 4.25. The predicted octanol–water partition coefficient (Wildman–Crippen LogP) is 0.348. The van der Waals surface area contributed by atoms with Gasteiger partial charge in [-0.3, -0.25) is 4.79 Å². The van der Waals surface area contributed by atoms with Gasteiger partial charge in [0.2, 0.25) is 0 Å². The summed E-state index contributed by atoms with van der Waals surface area (Å²) in [6.07, 6.45) is 0.291. The first kappa shape index (κ1) is 16.2. The largest absolute Gasteiger partial charge is 0.481 e. The van der Waals surface area contributed by atoms with Crippen LogP contribution in [0.2, 0.25) is 0 Å². The summed E-state index contributed by atoms with van der Waals surface area (Å²) in [6.45, 7) is 3.84. The third kappa shape index (κ3) is 7.48. The number of carbonyl (C=O) groups is 3. The number of carbonyl (C=O) groups excluding carboxylic acids is 2. The van der Waals surface area contributed by atoms with Crippen LogP contribution in [0.25, 0.3) is 0 Å². The molecule has 3 N–H and O–H groups in total. The molecule has 0 aliphatic carbocycles. The Balaban J connectivity index is 4.18. The molecule has 0 radical (unpaired) electrons. The molecule has 0 aromatic carbocycles. The number of amides is 2. The summed E-state index contributed by atoms with van der Waals surface area (Å²) in [5.74, 6) is -1.30. The highest BCUT2D eigenvalue weighted by atomic mass is 16.5. The highest BCUT2D eigenvalue weighted by molar-refractivity contribution is 5.83. The molecule has 0 aromatic heterocycles. The van der Waals surface area contributed by atoms with E-state index in [1.807, 2.05) is 13.8 Å². The molecule has 0 fully saturated rings. The molecule has 7 nitrogen and oxygen atoms in total. The number of methoxy groups -OCH3 is 1. The van der Waals surface area contributed by atoms with Crippen molar-refractivity contribution in [1.82, 2.24) is 10.6 Å². The third-order valence-electron chi connectivity index (χ3n) is 2.12. The molecule has 7 heteroatoms. The van der Waals surface area contributed by atoms with E-state index in [1.54, 1.807) is 0 Å². The first-order valence-corrected chi connectivity index (χ1v) is 5.70. The van der Waals surface area contributed by atoms with Crippen molar-refractivity contribution in [3.63, 3.8) is 0 Å². The van der Waals surface area contributed by atoms with E-state index in [1.165, 1.54) is 7.11 Å². The first-order chi connectivity index (χ1) is 8.36. The third-order valence-corrected chi connectivity index (χ3v) is 2.12. The van der Waals surface area contributed by atoms with Crippen molar-refractivity contribution < 1.29 is 24.2 Å². The smallest absolute Gasteiger partial charge is 0.328 e. The number of aliphatic carboxylic acids is 1.